The number of aromatic nitrogens is 1. The van der Waals surface area contributed by atoms with Crippen LogP contribution in [-0.4, -0.2) is 39.5 Å². The zero-order valence-corrected chi connectivity index (χ0v) is 13.4. The summed E-state index contributed by atoms with van der Waals surface area (Å²) in [6.07, 6.45) is 1.65. The highest BCUT2D eigenvalue weighted by atomic mass is 16.4. The number of pyridine rings is 1. The van der Waals surface area contributed by atoms with E-state index in [0.29, 0.717) is 5.69 Å². The summed E-state index contributed by atoms with van der Waals surface area (Å²) in [5.74, 6) is -1.14. The van der Waals surface area contributed by atoms with Crippen molar-refractivity contribution >= 4 is 11.9 Å². The van der Waals surface area contributed by atoms with Gasteiger partial charge in [0.05, 0.1) is 6.42 Å². The monoisotopic (exact) mass is 292 g/mol. The van der Waals surface area contributed by atoms with Crippen LogP contribution in [0.5, 0.6) is 0 Å². The van der Waals surface area contributed by atoms with E-state index in [1.165, 1.54) is 4.90 Å². The maximum atomic E-state index is 12.4. The lowest BCUT2D eigenvalue weighted by Crippen LogP contribution is -2.39. The third kappa shape index (κ3) is 4.85. The van der Waals surface area contributed by atoms with Gasteiger partial charge in [0.25, 0.3) is 5.91 Å². The van der Waals surface area contributed by atoms with E-state index in [4.69, 9.17) is 5.11 Å². The molecule has 21 heavy (non-hydrogen) atoms. The number of rotatable bonds is 5. The van der Waals surface area contributed by atoms with Gasteiger partial charge in [0.2, 0.25) is 0 Å². The summed E-state index contributed by atoms with van der Waals surface area (Å²) in [6.45, 7) is 10.2. The Morgan fingerprint density at radius 3 is 2.29 bits per heavy atom. The van der Waals surface area contributed by atoms with E-state index in [2.05, 4.69) is 25.8 Å². The molecule has 0 aromatic carbocycles. The second-order valence-corrected chi connectivity index (χ2v) is 6.42. The summed E-state index contributed by atoms with van der Waals surface area (Å²) in [6, 6.07) is 3.54. The van der Waals surface area contributed by atoms with Crippen LogP contribution in [0.15, 0.2) is 18.3 Å². The summed E-state index contributed by atoms with van der Waals surface area (Å²) >= 11 is 0. The van der Waals surface area contributed by atoms with Gasteiger partial charge in [-0.2, -0.15) is 0 Å². The second-order valence-electron chi connectivity index (χ2n) is 6.42. The van der Waals surface area contributed by atoms with Gasteiger partial charge in [-0.1, -0.05) is 26.8 Å². The molecule has 5 heteroatoms. The summed E-state index contributed by atoms with van der Waals surface area (Å²) in [7, 11) is 0. The number of carboxylic acids is 1. The second kappa shape index (κ2) is 6.70. The average Bonchev–Trinajstić information content (AvgIpc) is 2.37. The fourth-order valence-electron chi connectivity index (χ4n) is 1.92. The van der Waals surface area contributed by atoms with Gasteiger partial charge in [-0.05, 0) is 30.9 Å². The number of amides is 1. The molecule has 116 valence electrons. The van der Waals surface area contributed by atoms with Crippen LogP contribution in [0.3, 0.4) is 0 Å². The van der Waals surface area contributed by atoms with Gasteiger partial charge in [-0.25, -0.2) is 0 Å². The molecule has 0 fully saturated rings. The Morgan fingerprint density at radius 1 is 1.29 bits per heavy atom. The number of hydrogen-bond acceptors (Lipinski definition) is 3. The Bertz CT molecular complexity index is 501. The summed E-state index contributed by atoms with van der Waals surface area (Å²) in [4.78, 5) is 28.9. The number of hydrogen-bond donors (Lipinski definition) is 1. The summed E-state index contributed by atoms with van der Waals surface area (Å²) in [5, 5.41) is 8.77. The molecular formula is C16H24N2O3. The molecule has 5 nitrogen and oxygen atoms in total. The molecule has 0 unspecified atom stereocenters. The van der Waals surface area contributed by atoms with Crippen molar-refractivity contribution in [3.8, 4) is 0 Å². The van der Waals surface area contributed by atoms with Crippen LogP contribution < -0.4 is 0 Å². The Kier molecular flexibility index (Phi) is 5.47. The molecule has 0 radical (unpaired) electrons. The van der Waals surface area contributed by atoms with Crippen LogP contribution in [0.25, 0.3) is 0 Å². The van der Waals surface area contributed by atoms with Crippen molar-refractivity contribution in [2.45, 2.75) is 52.5 Å². The van der Waals surface area contributed by atoms with E-state index in [9.17, 15) is 9.59 Å². The van der Waals surface area contributed by atoms with Crippen LogP contribution in [0.1, 0.15) is 57.1 Å². The molecule has 0 bridgehead atoms. The van der Waals surface area contributed by atoms with Gasteiger partial charge in [0, 0.05) is 18.8 Å². The van der Waals surface area contributed by atoms with Gasteiger partial charge < -0.3 is 10.0 Å². The maximum absolute atomic E-state index is 12.4. The third-order valence-electron chi connectivity index (χ3n) is 3.30. The van der Waals surface area contributed by atoms with Crippen LogP contribution in [0.4, 0.5) is 0 Å². The minimum atomic E-state index is -0.913. The van der Waals surface area contributed by atoms with E-state index >= 15 is 0 Å². The number of carbonyl (C=O) groups excluding carboxylic acids is 1. The zero-order valence-electron chi connectivity index (χ0n) is 13.4. The molecule has 1 N–H and O–H groups in total. The third-order valence-corrected chi connectivity index (χ3v) is 3.30. The SMILES string of the molecule is CC(C)N(CCC(=O)O)C(=O)c1ccc(C(C)(C)C)cn1. The predicted molar refractivity (Wildman–Crippen MR) is 81.4 cm³/mol. The highest BCUT2D eigenvalue weighted by Gasteiger charge is 2.21. The van der Waals surface area contributed by atoms with Gasteiger partial charge in [-0.3, -0.25) is 14.6 Å². The molecule has 1 rings (SSSR count). The minimum Gasteiger partial charge on any atom is -0.481 e. The normalized spacial score (nSPS) is 11.5. The average molecular weight is 292 g/mol. The van der Waals surface area contributed by atoms with E-state index < -0.39 is 5.97 Å². The van der Waals surface area contributed by atoms with Crippen molar-refractivity contribution in [2.24, 2.45) is 0 Å². The Morgan fingerprint density at radius 2 is 1.90 bits per heavy atom. The Balaban J connectivity index is 2.91. The first kappa shape index (κ1) is 17.1. The first-order chi connectivity index (χ1) is 9.62. The van der Waals surface area contributed by atoms with E-state index in [-0.39, 0.29) is 30.3 Å². The maximum Gasteiger partial charge on any atom is 0.305 e. The Hall–Kier alpha value is -1.91. The van der Waals surface area contributed by atoms with Crippen molar-refractivity contribution in [2.75, 3.05) is 6.54 Å². The molecular weight excluding hydrogens is 268 g/mol. The molecule has 0 spiro atoms. The fraction of sp³-hybridized carbons (Fsp3) is 0.562. The van der Waals surface area contributed by atoms with Gasteiger partial charge in [0.15, 0.2) is 0 Å². The smallest absolute Gasteiger partial charge is 0.305 e. The van der Waals surface area contributed by atoms with Gasteiger partial charge in [0.1, 0.15) is 5.69 Å². The minimum absolute atomic E-state index is 0.0182. The first-order valence-corrected chi connectivity index (χ1v) is 7.12. The van der Waals surface area contributed by atoms with Crippen molar-refractivity contribution in [1.82, 2.24) is 9.88 Å². The van der Waals surface area contributed by atoms with Crippen molar-refractivity contribution in [3.05, 3.63) is 29.6 Å². The molecule has 0 aliphatic carbocycles. The molecule has 0 aliphatic rings. The van der Waals surface area contributed by atoms with Crippen LogP contribution in [0.2, 0.25) is 0 Å². The highest BCUT2D eigenvalue weighted by Crippen LogP contribution is 2.21. The Labute approximate surface area is 126 Å². The number of carboxylic acid groups (broad SMARTS) is 1. The number of carbonyl (C=O) groups is 2. The quantitative estimate of drug-likeness (QED) is 0.905. The van der Waals surface area contributed by atoms with Gasteiger partial charge in [-0.15, -0.1) is 0 Å². The van der Waals surface area contributed by atoms with Crippen LogP contribution in [-0.2, 0) is 10.2 Å². The van der Waals surface area contributed by atoms with E-state index in [1.807, 2.05) is 19.9 Å². The van der Waals surface area contributed by atoms with E-state index in [0.717, 1.165) is 5.56 Å². The van der Waals surface area contributed by atoms with Crippen LogP contribution in [0, 0.1) is 0 Å². The van der Waals surface area contributed by atoms with Crippen molar-refractivity contribution in [3.63, 3.8) is 0 Å². The standard InChI is InChI=1S/C16H24N2O3/c1-11(2)18(9-8-14(19)20)15(21)13-7-6-12(10-17-13)16(3,4)5/h6-7,10-11H,8-9H2,1-5H3,(H,19,20). The van der Waals surface area contributed by atoms with Crippen molar-refractivity contribution < 1.29 is 14.7 Å². The number of nitrogens with zero attached hydrogens (tertiary/aromatic N) is 2. The van der Waals surface area contributed by atoms with E-state index in [1.54, 1.807) is 12.3 Å². The molecule has 1 aromatic heterocycles. The summed E-state index contributed by atoms with van der Waals surface area (Å²) < 4.78 is 0. The zero-order chi connectivity index (χ0) is 16.2. The number of aliphatic carboxylic acids is 1. The predicted octanol–water partition coefficient (Wildman–Crippen LogP) is 2.70. The fourth-order valence-corrected chi connectivity index (χ4v) is 1.92. The molecule has 1 heterocycles. The summed E-state index contributed by atoms with van der Waals surface area (Å²) in [5.41, 5.74) is 1.39. The van der Waals surface area contributed by atoms with Gasteiger partial charge >= 0.3 is 5.97 Å². The molecule has 1 amide bonds. The molecule has 0 atom stereocenters. The lowest BCUT2D eigenvalue weighted by Gasteiger charge is -2.26. The largest absolute Gasteiger partial charge is 0.481 e. The lowest BCUT2D eigenvalue weighted by molar-refractivity contribution is -0.137. The molecule has 1 aromatic rings. The molecule has 0 saturated heterocycles. The molecule has 0 aliphatic heterocycles. The lowest BCUT2D eigenvalue weighted by atomic mass is 9.88. The topological polar surface area (TPSA) is 70.5 Å². The first-order valence-electron chi connectivity index (χ1n) is 7.12. The van der Waals surface area contributed by atoms with Crippen molar-refractivity contribution in [1.29, 1.82) is 0 Å². The highest BCUT2D eigenvalue weighted by molar-refractivity contribution is 5.92. The molecule has 0 saturated carbocycles. The van der Waals surface area contributed by atoms with Crippen LogP contribution >= 0.6 is 0 Å².